The second-order valence-electron chi connectivity index (χ2n) is 3.36. The normalized spacial score (nSPS) is 9.53. The number of ether oxygens (including phenoxy) is 1. The number of nitrogens with one attached hydrogen (secondary N) is 1. The summed E-state index contributed by atoms with van der Waals surface area (Å²) in [6.07, 6.45) is -0.581. The Balaban J connectivity index is 2.45. The van der Waals surface area contributed by atoms with Crippen LogP contribution < -0.4 is 10.2 Å². The highest BCUT2D eigenvalue weighted by Gasteiger charge is 2.11. The Morgan fingerprint density at radius 3 is 2.53 bits per heavy atom. The van der Waals surface area contributed by atoms with Gasteiger partial charge >= 0.3 is 6.09 Å². The summed E-state index contributed by atoms with van der Waals surface area (Å²) in [5, 5.41) is 2.38. The van der Waals surface area contributed by atoms with E-state index in [0.29, 0.717) is 0 Å². The first-order valence-corrected chi connectivity index (χ1v) is 5.37. The van der Waals surface area contributed by atoms with Gasteiger partial charge in [0.1, 0.15) is 6.54 Å². The second-order valence-corrected chi connectivity index (χ2v) is 3.36. The average molecular weight is 236 g/mol. The molecule has 92 valence electrons. The van der Waals surface area contributed by atoms with Crippen LogP contribution in [0.1, 0.15) is 6.92 Å². The Bertz CT molecular complexity index is 379. The summed E-state index contributed by atoms with van der Waals surface area (Å²) in [5.41, 5.74) is 0.781. The molecule has 0 unspecified atom stereocenters. The van der Waals surface area contributed by atoms with E-state index in [9.17, 15) is 9.59 Å². The molecule has 5 nitrogen and oxygen atoms in total. The third-order valence-corrected chi connectivity index (χ3v) is 2.18. The number of carbonyl (C=O) groups is 2. The number of anilines is 1. The van der Waals surface area contributed by atoms with E-state index >= 15 is 0 Å². The molecule has 5 heteroatoms. The molecule has 1 N–H and O–H groups in total. The van der Waals surface area contributed by atoms with E-state index in [0.717, 1.165) is 5.69 Å². The van der Waals surface area contributed by atoms with E-state index in [1.165, 1.54) is 4.90 Å². The first kappa shape index (κ1) is 13.0. The number of benzene rings is 1. The lowest BCUT2D eigenvalue weighted by Crippen LogP contribution is -2.38. The molecule has 0 aliphatic carbocycles. The Labute approximate surface area is 100 Å². The quantitative estimate of drug-likeness (QED) is 0.859. The van der Waals surface area contributed by atoms with E-state index in [1.807, 2.05) is 30.3 Å². The maximum absolute atomic E-state index is 11.7. The van der Waals surface area contributed by atoms with Crippen molar-refractivity contribution in [3.8, 4) is 0 Å². The van der Waals surface area contributed by atoms with Crippen LogP contribution in [0.25, 0.3) is 0 Å². The van der Waals surface area contributed by atoms with Gasteiger partial charge in [-0.3, -0.25) is 4.79 Å². The average Bonchev–Trinajstić information content (AvgIpc) is 2.36. The molecule has 2 amide bonds. The zero-order valence-corrected chi connectivity index (χ0v) is 9.97. The van der Waals surface area contributed by atoms with Crippen LogP contribution >= 0.6 is 0 Å². The van der Waals surface area contributed by atoms with Crippen LogP contribution in [0.2, 0.25) is 0 Å². The van der Waals surface area contributed by atoms with Gasteiger partial charge in [0.15, 0.2) is 0 Å². The van der Waals surface area contributed by atoms with Crippen molar-refractivity contribution in [1.82, 2.24) is 5.32 Å². The van der Waals surface area contributed by atoms with Crippen LogP contribution in [-0.2, 0) is 9.53 Å². The summed E-state index contributed by atoms with van der Waals surface area (Å²) in [5.74, 6) is -0.204. The number of para-hydroxylation sites is 1. The largest absolute Gasteiger partial charge is 0.450 e. The number of hydrogen-bond acceptors (Lipinski definition) is 3. The molecule has 0 saturated heterocycles. The van der Waals surface area contributed by atoms with Gasteiger partial charge in [0.25, 0.3) is 0 Å². The van der Waals surface area contributed by atoms with E-state index in [2.05, 4.69) is 10.1 Å². The summed E-state index contributed by atoms with van der Waals surface area (Å²) < 4.78 is 4.66. The molecule has 1 rings (SSSR count). The van der Waals surface area contributed by atoms with Gasteiger partial charge in [-0.25, -0.2) is 4.79 Å². The van der Waals surface area contributed by atoms with Gasteiger partial charge in [-0.05, 0) is 19.1 Å². The number of amides is 2. The lowest BCUT2D eigenvalue weighted by Gasteiger charge is -2.17. The van der Waals surface area contributed by atoms with E-state index in [4.69, 9.17) is 0 Å². The third-order valence-electron chi connectivity index (χ3n) is 2.18. The molecule has 0 saturated carbocycles. The van der Waals surface area contributed by atoms with Crippen molar-refractivity contribution < 1.29 is 14.3 Å². The fraction of sp³-hybridized carbons (Fsp3) is 0.333. The monoisotopic (exact) mass is 236 g/mol. The molecular weight excluding hydrogens is 220 g/mol. The van der Waals surface area contributed by atoms with E-state index in [1.54, 1.807) is 14.0 Å². The summed E-state index contributed by atoms with van der Waals surface area (Å²) >= 11 is 0. The number of carbonyl (C=O) groups excluding carboxylic acids is 2. The van der Waals surface area contributed by atoms with E-state index < -0.39 is 6.09 Å². The highest BCUT2D eigenvalue weighted by molar-refractivity contribution is 5.95. The van der Waals surface area contributed by atoms with Crippen molar-refractivity contribution in [2.45, 2.75) is 6.92 Å². The minimum absolute atomic E-state index is 0.0791. The fourth-order valence-corrected chi connectivity index (χ4v) is 1.24. The number of alkyl carbamates (subject to hydrolysis) is 1. The van der Waals surface area contributed by atoms with Crippen molar-refractivity contribution in [3.63, 3.8) is 0 Å². The van der Waals surface area contributed by atoms with Crippen LogP contribution in [0.3, 0.4) is 0 Å². The summed E-state index contributed by atoms with van der Waals surface area (Å²) in [4.78, 5) is 24.2. The van der Waals surface area contributed by atoms with Gasteiger partial charge in [-0.2, -0.15) is 0 Å². The molecule has 0 bridgehead atoms. The predicted octanol–water partition coefficient (Wildman–Crippen LogP) is 1.40. The smallest absolute Gasteiger partial charge is 0.407 e. The Morgan fingerprint density at radius 1 is 1.29 bits per heavy atom. The molecular formula is C12H16N2O3. The molecule has 0 radical (unpaired) electrons. The number of hydrogen-bond donors (Lipinski definition) is 1. The summed E-state index contributed by atoms with van der Waals surface area (Å²) in [6.45, 7) is 1.91. The van der Waals surface area contributed by atoms with Gasteiger partial charge in [-0.1, -0.05) is 18.2 Å². The minimum Gasteiger partial charge on any atom is -0.450 e. The number of nitrogens with zero attached hydrogens (tertiary/aromatic N) is 1. The Kier molecular flexibility index (Phi) is 5.00. The zero-order valence-electron chi connectivity index (χ0n) is 9.97. The Morgan fingerprint density at radius 2 is 1.94 bits per heavy atom. The Hall–Kier alpha value is -2.04. The summed E-state index contributed by atoms with van der Waals surface area (Å²) in [6, 6.07) is 9.21. The number of likely N-dealkylation sites (N-methyl/N-ethyl adjacent to an activating group) is 1. The van der Waals surface area contributed by atoms with Crippen molar-refractivity contribution in [1.29, 1.82) is 0 Å². The number of rotatable bonds is 4. The van der Waals surface area contributed by atoms with Gasteiger partial charge in [0.05, 0.1) is 6.61 Å². The molecule has 1 aromatic carbocycles. The molecule has 17 heavy (non-hydrogen) atoms. The molecule has 0 atom stereocenters. The third kappa shape index (κ3) is 4.14. The van der Waals surface area contributed by atoms with Crippen LogP contribution in [0.5, 0.6) is 0 Å². The van der Waals surface area contributed by atoms with E-state index in [-0.39, 0.29) is 19.1 Å². The highest BCUT2D eigenvalue weighted by Crippen LogP contribution is 2.10. The predicted molar refractivity (Wildman–Crippen MR) is 64.9 cm³/mol. The highest BCUT2D eigenvalue weighted by atomic mass is 16.5. The lowest BCUT2D eigenvalue weighted by atomic mass is 10.3. The van der Waals surface area contributed by atoms with Crippen LogP contribution in [0.4, 0.5) is 10.5 Å². The molecule has 0 spiro atoms. The van der Waals surface area contributed by atoms with Crippen LogP contribution in [-0.4, -0.2) is 32.2 Å². The molecule has 0 aliphatic heterocycles. The SMILES string of the molecule is CCOC(=O)NCC(=O)N(C)c1ccccc1. The molecule has 0 fully saturated rings. The van der Waals surface area contributed by atoms with Crippen molar-refractivity contribution in [2.24, 2.45) is 0 Å². The molecule has 1 aromatic rings. The first-order chi connectivity index (χ1) is 8.15. The van der Waals surface area contributed by atoms with Gasteiger partial charge in [0, 0.05) is 12.7 Å². The second kappa shape index (κ2) is 6.52. The topological polar surface area (TPSA) is 58.6 Å². The maximum Gasteiger partial charge on any atom is 0.407 e. The standard InChI is InChI=1S/C12H16N2O3/c1-3-17-12(16)13-9-11(15)14(2)10-7-5-4-6-8-10/h4-8H,3,9H2,1-2H3,(H,13,16). The van der Waals surface area contributed by atoms with Crippen LogP contribution in [0.15, 0.2) is 30.3 Å². The molecule has 0 aromatic heterocycles. The minimum atomic E-state index is -0.581. The lowest BCUT2D eigenvalue weighted by molar-refractivity contribution is -0.117. The van der Waals surface area contributed by atoms with Crippen molar-refractivity contribution in [3.05, 3.63) is 30.3 Å². The zero-order chi connectivity index (χ0) is 12.7. The van der Waals surface area contributed by atoms with Gasteiger partial charge < -0.3 is 15.0 Å². The fourth-order valence-electron chi connectivity index (χ4n) is 1.24. The van der Waals surface area contributed by atoms with Gasteiger partial charge in [0.2, 0.25) is 5.91 Å². The van der Waals surface area contributed by atoms with Crippen molar-refractivity contribution in [2.75, 3.05) is 25.1 Å². The summed E-state index contributed by atoms with van der Waals surface area (Å²) in [7, 11) is 1.66. The van der Waals surface area contributed by atoms with Crippen molar-refractivity contribution >= 4 is 17.7 Å². The maximum atomic E-state index is 11.7. The molecule has 0 heterocycles. The first-order valence-electron chi connectivity index (χ1n) is 5.37. The van der Waals surface area contributed by atoms with Crippen LogP contribution in [0, 0.1) is 0 Å². The van der Waals surface area contributed by atoms with Gasteiger partial charge in [-0.15, -0.1) is 0 Å². The molecule has 0 aliphatic rings.